The standard InChI is InChI=1S/C66H42/c1-4-18-43(19-5-1)50-38-51(44-20-6-2-7-21-44)40-52(39-50)66-59-30-16-14-28-57(59)65(58-29-15-17-31-60(58)66)49-37-35-46-33-32-45-34-36-48(41-61(45)62(46)42-49)64-55-26-12-10-24-53(55)63(47-22-8-3-9-23-47)54-25-11-13-27-56(54)64/h1-42H/i10D,11D,12D,13D,14D,15D,16D,17D,24D,25D,26D,27D,28D,29D,30D,31D. The molecule has 0 heterocycles. The molecule has 0 aromatic heterocycles. The zero-order chi connectivity index (χ0) is 57.5. The van der Waals surface area contributed by atoms with Crippen LogP contribution in [-0.4, -0.2) is 0 Å². The SMILES string of the molecule is [2H]c1c([2H])c([2H])c2c(-c3ccc4ccc5ccc(-c6c7c([2H])c([2H])c([2H])c([2H])c7c(-c7cc(-c8ccccc8)cc(-c8ccccc8)c7)c7c([2H])c([2H])c([2H])c([2H])c67)cc5c4c3)c3c([2H])c([2H])c([2H])c([2H])c3c(-c3ccccc3)c2c1[2H]. The van der Waals surface area contributed by atoms with Crippen LogP contribution in [0, 0.1) is 0 Å². The van der Waals surface area contributed by atoms with Crippen LogP contribution < -0.4 is 0 Å². The Hall–Kier alpha value is -8.58. The van der Waals surface area contributed by atoms with Crippen LogP contribution in [0.1, 0.15) is 21.9 Å². The number of hydrogen-bond donors (Lipinski definition) is 0. The Morgan fingerprint density at radius 1 is 0.197 bits per heavy atom. The van der Waals surface area contributed by atoms with E-state index in [1.807, 2.05) is 115 Å². The van der Waals surface area contributed by atoms with E-state index in [-0.39, 0.29) is 77.4 Å². The molecule has 0 saturated heterocycles. The van der Waals surface area contributed by atoms with Gasteiger partial charge in [0.1, 0.15) is 0 Å². The summed E-state index contributed by atoms with van der Waals surface area (Å²) in [6, 6.07) is 40.9. The van der Waals surface area contributed by atoms with E-state index in [0.717, 1.165) is 22.3 Å². The van der Waals surface area contributed by atoms with Crippen molar-refractivity contribution in [1.82, 2.24) is 0 Å². The second kappa shape index (κ2) is 15.6. The molecule has 306 valence electrons. The summed E-state index contributed by atoms with van der Waals surface area (Å²) < 4.78 is 149. The molecular weight excluding hydrogens is 793 g/mol. The fourth-order valence-electron chi connectivity index (χ4n) is 9.74. The summed E-state index contributed by atoms with van der Waals surface area (Å²) in [5, 5.41) is 2.99. The van der Waals surface area contributed by atoms with Crippen molar-refractivity contribution in [3.63, 3.8) is 0 Å². The van der Waals surface area contributed by atoms with Crippen LogP contribution in [0.4, 0.5) is 0 Å². The minimum Gasteiger partial charge on any atom is -0.0622 e. The smallest absolute Gasteiger partial charge is 0.0622 e. The van der Waals surface area contributed by atoms with Crippen molar-refractivity contribution in [2.75, 3.05) is 0 Å². The molecule has 0 fully saturated rings. The van der Waals surface area contributed by atoms with Gasteiger partial charge in [-0.25, -0.2) is 0 Å². The zero-order valence-electron chi connectivity index (χ0n) is 51.0. The van der Waals surface area contributed by atoms with Crippen LogP contribution >= 0.6 is 0 Å². The van der Waals surface area contributed by atoms with Gasteiger partial charge in [0.15, 0.2) is 0 Å². The minimum atomic E-state index is -0.544. The summed E-state index contributed by atoms with van der Waals surface area (Å²) in [6.07, 6.45) is 0. The molecule has 13 rings (SSSR count). The number of benzene rings is 13. The summed E-state index contributed by atoms with van der Waals surface area (Å²) in [5.74, 6) is 0. The maximum atomic E-state index is 9.77. The Morgan fingerprint density at radius 2 is 0.470 bits per heavy atom. The van der Waals surface area contributed by atoms with Gasteiger partial charge in [0.05, 0.1) is 21.9 Å². The van der Waals surface area contributed by atoms with Crippen molar-refractivity contribution in [2.24, 2.45) is 0 Å². The van der Waals surface area contributed by atoms with E-state index in [2.05, 4.69) is 0 Å². The van der Waals surface area contributed by atoms with Crippen LogP contribution in [0.2, 0.25) is 0 Å². The minimum absolute atomic E-state index is 0.0323. The third-order valence-corrected chi connectivity index (χ3v) is 12.7. The Balaban J connectivity index is 1.17. The van der Waals surface area contributed by atoms with Crippen LogP contribution in [0.15, 0.2) is 254 Å². The lowest BCUT2D eigenvalue weighted by Crippen LogP contribution is -1.92. The lowest BCUT2D eigenvalue weighted by Gasteiger charge is -2.20. The molecule has 0 amide bonds. The molecule has 66 heavy (non-hydrogen) atoms. The molecule has 0 radical (unpaired) electrons. The highest BCUT2D eigenvalue weighted by Crippen LogP contribution is 2.48. The van der Waals surface area contributed by atoms with Crippen molar-refractivity contribution >= 4 is 64.6 Å². The summed E-state index contributed by atoms with van der Waals surface area (Å²) >= 11 is 0. The van der Waals surface area contributed by atoms with E-state index in [9.17, 15) is 11.0 Å². The molecule has 0 heteroatoms. The predicted molar refractivity (Wildman–Crippen MR) is 284 cm³/mol. The lowest BCUT2D eigenvalue weighted by atomic mass is 9.83. The largest absolute Gasteiger partial charge is 0.0629 e. The molecule has 0 N–H and O–H groups in total. The van der Waals surface area contributed by atoms with Gasteiger partial charge in [0.2, 0.25) is 0 Å². The number of hydrogen-bond acceptors (Lipinski definition) is 0. The van der Waals surface area contributed by atoms with Crippen LogP contribution in [0.3, 0.4) is 0 Å². The molecule has 13 aromatic rings. The summed E-state index contributed by atoms with van der Waals surface area (Å²) in [4.78, 5) is 0. The first-order valence-electron chi connectivity index (χ1n) is 29.6. The second-order valence-electron chi connectivity index (χ2n) is 16.3. The van der Waals surface area contributed by atoms with Gasteiger partial charge in [0, 0.05) is 0 Å². The van der Waals surface area contributed by atoms with Crippen LogP contribution in [-0.2, 0) is 0 Å². The molecule has 13 aromatic carbocycles. The molecule has 0 aliphatic carbocycles. The zero-order valence-corrected chi connectivity index (χ0v) is 35.0. The summed E-state index contributed by atoms with van der Waals surface area (Å²) in [7, 11) is 0. The van der Waals surface area contributed by atoms with Crippen molar-refractivity contribution in [2.45, 2.75) is 0 Å². The molecule has 0 nitrogen and oxygen atoms in total. The molecule has 0 atom stereocenters. The Labute approximate surface area is 406 Å². The van der Waals surface area contributed by atoms with Gasteiger partial charge in [-0.05, 0) is 162 Å². The van der Waals surface area contributed by atoms with Gasteiger partial charge in [-0.3, -0.25) is 0 Å². The average Bonchev–Trinajstić information content (AvgIpc) is 1.09. The predicted octanol–water partition coefficient (Wildman–Crippen LogP) is 18.6. The highest BCUT2D eigenvalue weighted by Gasteiger charge is 2.20. The average molecular weight is 851 g/mol. The normalized spacial score (nSPS) is 15.0. The molecule has 0 bridgehead atoms. The highest BCUT2D eigenvalue weighted by atomic mass is 14.2. The van der Waals surface area contributed by atoms with E-state index < -0.39 is 84.6 Å². The molecule has 0 unspecified atom stereocenters. The van der Waals surface area contributed by atoms with E-state index in [0.29, 0.717) is 43.8 Å². The van der Waals surface area contributed by atoms with E-state index in [1.165, 1.54) is 0 Å². The maximum absolute atomic E-state index is 9.77. The number of fused-ring (bicyclic) bond motifs is 7. The molecule has 0 spiro atoms. The lowest BCUT2D eigenvalue weighted by molar-refractivity contribution is 1.58. The first-order chi connectivity index (χ1) is 39.4. The van der Waals surface area contributed by atoms with E-state index in [1.54, 1.807) is 42.5 Å². The van der Waals surface area contributed by atoms with Crippen molar-refractivity contribution < 1.29 is 21.9 Å². The van der Waals surface area contributed by atoms with Crippen LogP contribution in [0.5, 0.6) is 0 Å². The van der Waals surface area contributed by atoms with Gasteiger partial charge in [0.25, 0.3) is 0 Å². The first kappa shape index (κ1) is 25.1. The topological polar surface area (TPSA) is 0 Å². The summed E-state index contributed by atoms with van der Waals surface area (Å²) in [5.41, 5.74) is 5.62. The molecular formula is C66H42. The van der Waals surface area contributed by atoms with Gasteiger partial charge < -0.3 is 0 Å². The molecule has 0 saturated carbocycles. The quantitative estimate of drug-likeness (QED) is 0.115. The highest BCUT2D eigenvalue weighted by molar-refractivity contribution is 6.24. The Morgan fingerprint density at radius 3 is 0.818 bits per heavy atom. The van der Waals surface area contributed by atoms with Crippen LogP contribution in [0.25, 0.3) is 131 Å². The first-order valence-corrected chi connectivity index (χ1v) is 21.6. The van der Waals surface area contributed by atoms with Gasteiger partial charge >= 0.3 is 0 Å². The maximum Gasteiger partial charge on any atom is 0.0629 e. The summed E-state index contributed by atoms with van der Waals surface area (Å²) in [6.45, 7) is 0. The Kier molecular flexibility index (Phi) is 5.92. The van der Waals surface area contributed by atoms with Gasteiger partial charge in [-0.15, -0.1) is 0 Å². The fourth-order valence-corrected chi connectivity index (χ4v) is 9.74. The third kappa shape index (κ3) is 6.22. The Bertz CT molecular complexity index is 4750. The van der Waals surface area contributed by atoms with E-state index >= 15 is 0 Å². The van der Waals surface area contributed by atoms with Gasteiger partial charge in [-0.1, -0.05) is 224 Å². The van der Waals surface area contributed by atoms with Crippen molar-refractivity contribution in [3.8, 4) is 66.8 Å². The second-order valence-corrected chi connectivity index (χ2v) is 16.3. The van der Waals surface area contributed by atoms with Crippen molar-refractivity contribution in [1.29, 1.82) is 0 Å². The molecule has 0 aliphatic rings. The van der Waals surface area contributed by atoms with E-state index in [4.69, 9.17) is 11.0 Å². The van der Waals surface area contributed by atoms with Crippen molar-refractivity contribution in [3.05, 3.63) is 254 Å². The number of rotatable bonds is 6. The molecule has 0 aliphatic heterocycles. The monoisotopic (exact) mass is 850 g/mol. The fraction of sp³-hybridized carbons (Fsp3) is 0. The third-order valence-electron chi connectivity index (χ3n) is 12.7. The van der Waals surface area contributed by atoms with Gasteiger partial charge in [-0.2, -0.15) is 0 Å².